The van der Waals surface area contributed by atoms with Crippen molar-refractivity contribution in [2.75, 3.05) is 139 Å². The van der Waals surface area contributed by atoms with Gasteiger partial charge in [0.1, 0.15) is 37.6 Å². The second-order valence-electron chi connectivity index (χ2n) is 21.3. The number of aliphatic hydroxyl groups is 4. The van der Waals surface area contributed by atoms with Crippen LogP contribution in [0.4, 0.5) is 0 Å². The third kappa shape index (κ3) is 32.6. The van der Waals surface area contributed by atoms with Crippen LogP contribution in [0.2, 0.25) is 0 Å². The van der Waals surface area contributed by atoms with E-state index < -0.39 is 74.0 Å². The van der Waals surface area contributed by atoms with Crippen molar-refractivity contribution in [2.45, 2.75) is 123 Å². The van der Waals surface area contributed by atoms with Gasteiger partial charge in [-0.2, -0.15) is 0 Å². The Morgan fingerprint density at radius 1 is 0.435 bits per heavy atom. The van der Waals surface area contributed by atoms with Crippen molar-refractivity contribution in [3.05, 3.63) is 71.8 Å². The second kappa shape index (κ2) is 48.3. The molecule has 526 valence electrons. The van der Waals surface area contributed by atoms with E-state index in [9.17, 15) is 44.1 Å². The van der Waals surface area contributed by atoms with Crippen LogP contribution in [0.1, 0.15) is 76.1 Å². The van der Waals surface area contributed by atoms with Gasteiger partial charge < -0.3 is 119 Å². The highest BCUT2D eigenvalue weighted by Crippen LogP contribution is 2.35. The minimum absolute atomic E-state index is 0. The van der Waals surface area contributed by atoms with Gasteiger partial charge in [0.15, 0.2) is 31.1 Å². The number of ether oxygens (including phenoxy) is 16. The summed E-state index contributed by atoms with van der Waals surface area (Å²) in [7, 11) is 0. The van der Waals surface area contributed by atoms with E-state index in [1.54, 1.807) is 36.4 Å². The van der Waals surface area contributed by atoms with E-state index in [1.165, 1.54) is 27.7 Å². The van der Waals surface area contributed by atoms with Crippen LogP contribution in [-0.2, 0) is 95.0 Å². The van der Waals surface area contributed by atoms with Crippen LogP contribution in [-0.4, -0.2) is 262 Å². The summed E-state index contributed by atoms with van der Waals surface area (Å²) in [6.45, 7) is 19.1. The summed E-state index contributed by atoms with van der Waals surface area (Å²) in [4.78, 5) is 69.0. The molecule has 3 saturated heterocycles. The number of carbonyl (C=O) groups excluding carboxylic acids is 6. The third-order valence-electron chi connectivity index (χ3n) is 14.4. The summed E-state index contributed by atoms with van der Waals surface area (Å²) >= 11 is 0. The van der Waals surface area contributed by atoms with Gasteiger partial charge in [-0.3, -0.25) is 28.8 Å². The summed E-state index contributed by atoms with van der Waals surface area (Å²) in [5.41, 5.74) is 6.53. The van der Waals surface area contributed by atoms with E-state index in [0.29, 0.717) is 103 Å². The van der Waals surface area contributed by atoms with Crippen molar-refractivity contribution in [3.63, 3.8) is 0 Å². The number of hydrogen-bond donors (Lipinski definition) is 8. The van der Waals surface area contributed by atoms with Gasteiger partial charge in [-0.1, -0.05) is 64.1 Å². The fourth-order valence-electron chi connectivity index (χ4n) is 9.06. The molecule has 2 amide bonds. The molecule has 3 heterocycles. The number of aliphatic hydroxyl groups excluding tert-OH is 4. The molecule has 15 atom stereocenters. The lowest BCUT2D eigenvalue weighted by Gasteiger charge is -2.43. The van der Waals surface area contributed by atoms with Crippen LogP contribution < -0.4 is 22.5 Å². The molecule has 0 spiro atoms. The highest BCUT2D eigenvalue weighted by molar-refractivity contribution is 5.94. The SMILES string of the molecule is CC(=O)OCC1O[C@H](OCCOCCOCCN)[C@H](OC(C)=O)C(C)[C@@H]1C.CC(=O)OCC1O[C@H](OCCOCCOCCNC(=O)c2ccccc2)[C@H](OC(C)=O)C(C)[C@@H]1C.N.O=C(NCCOCCOCCO[C@H]1OC(CO)[C@@H](O)C(O)[C@H]1O)c1ccccc1. The standard InChI is InChI=1S/C25H37NO9.C19H29NO9.C18H33NO8.H3N/c1-17-18(2)23(34-20(4)28)25(35-22(17)16-33-19(3)27)32-15-14-31-13-12-30-11-10-26-24(29)21-8-6-5-7-9-21;21-12-14-15(22)16(23)17(24)19(29-14)28-11-10-27-9-8-26-7-6-20-18(25)13-4-2-1-3-5-13;1-12-13(2)17(26-15(4)21)18(27-16(12)11-25-14(3)20)24-10-9-23-8-7-22-6-5-19;/h5-9,17-18,22-23,25H,10-16H2,1-4H3,(H,26,29);1-5,14-17,19,21-24H,6-12H2,(H,20,25);12-13,16-18H,5-11,19H2,1-4H3;1H3/t17-,18?,22?,23+,25-;14?,15-,16?,17-,19+;12-,13?,16?,17+,18-;/m010./s1. The molecule has 3 fully saturated rings. The molecule has 2 aromatic carbocycles. The van der Waals surface area contributed by atoms with Gasteiger partial charge in [0.25, 0.3) is 11.8 Å². The largest absolute Gasteiger partial charge is 0.463 e. The van der Waals surface area contributed by atoms with E-state index in [2.05, 4.69) is 10.6 Å². The molecule has 5 rings (SSSR count). The highest BCUT2D eigenvalue weighted by atomic mass is 16.7. The first kappa shape index (κ1) is 82.6. The smallest absolute Gasteiger partial charge is 0.303 e. The number of hydrogen-bond acceptors (Lipinski definition) is 28. The molecular weight excluding hydrogens is 1220 g/mol. The van der Waals surface area contributed by atoms with Crippen molar-refractivity contribution in [2.24, 2.45) is 29.4 Å². The Labute approximate surface area is 538 Å². The van der Waals surface area contributed by atoms with Crippen molar-refractivity contribution in [1.82, 2.24) is 16.8 Å². The minimum atomic E-state index is -1.47. The Kier molecular flexibility index (Phi) is 43.4. The predicted octanol–water partition coefficient (Wildman–Crippen LogP) is 0.873. The predicted molar refractivity (Wildman–Crippen MR) is 327 cm³/mol. The molecular formula is C62H102N4O26. The van der Waals surface area contributed by atoms with E-state index >= 15 is 0 Å². The lowest BCUT2D eigenvalue weighted by atomic mass is 9.83. The third-order valence-corrected chi connectivity index (χ3v) is 14.4. The zero-order valence-electron chi connectivity index (χ0n) is 54.3. The summed E-state index contributed by atoms with van der Waals surface area (Å²) < 4.78 is 87.3. The van der Waals surface area contributed by atoms with Crippen molar-refractivity contribution in [3.8, 4) is 0 Å². The Balaban J connectivity index is 0.000000472. The lowest BCUT2D eigenvalue weighted by Crippen LogP contribution is -2.59. The van der Waals surface area contributed by atoms with Crippen LogP contribution in [0.25, 0.3) is 0 Å². The molecule has 0 saturated carbocycles. The highest BCUT2D eigenvalue weighted by Gasteiger charge is 2.47. The molecule has 2 aromatic rings. The van der Waals surface area contributed by atoms with Crippen molar-refractivity contribution in [1.29, 1.82) is 0 Å². The molecule has 92 heavy (non-hydrogen) atoms. The average Bonchev–Trinajstić information content (AvgIpc) is 0.844. The first-order valence-electron chi connectivity index (χ1n) is 30.6. The maximum Gasteiger partial charge on any atom is 0.303 e. The quantitative estimate of drug-likeness (QED) is 0.0263. The minimum Gasteiger partial charge on any atom is -0.463 e. The average molecular weight is 1320 g/mol. The number of nitrogens with two attached hydrogens (primary N) is 1. The summed E-state index contributed by atoms with van der Waals surface area (Å²) in [6, 6.07) is 17.9. The molecule has 3 aliphatic rings. The first-order valence-corrected chi connectivity index (χ1v) is 30.6. The van der Waals surface area contributed by atoms with Gasteiger partial charge >= 0.3 is 23.9 Å². The number of carbonyl (C=O) groups is 6. The molecule has 11 N–H and O–H groups in total. The van der Waals surface area contributed by atoms with E-state index in [4.69, 9.17) is 86.6 Å². The Morgan fingerprint density at radius 2 is 0.772 bits per heavy atom. The fraction of sp³-hybridized carbons (Fsp3) is 0.710. The maximum atomic E-state index is 11.9. The van der Waals surface area contributed by atoms with Crippen LogP contribution in [0.15, 0.2) is 60.7 Å². The summed E-state index contributed by atoms with van der Waals surface area (Å²) in [5.74, 6) is -1.96. The molecule has 30 nitrogen and oxygen atoms in total. The van der Waals surface area contributed by atoms with E-state index in [1.807, 2.05) is 52.0 Å². The Bertz CT molecular complexity index is 2310. The molecule has 30 heteroatoms. The molecule has 0 radical (unpaired) electrons. The molecule has 3 aliphatic heterocycles. The maximum absolute atomic E-state index is 11.9. The fourth-order valence-corrected chi connectivity index (χ4v) is 9.06. The number of amides is 2. The number of rotatable bonds is 38. The van der Waals surface area contributed by atoms with Gasteiger partial charge in [-0.15, -0.1) is 0 Å². The Morgan fingerprint density at radius 3 is 1.12 bits per heavy atom. The first-order chi connectivity index (χ1) is 43.7. The van der Waals surface area contributed by atoms with Crippen LogP contribution >= 0.6 is 0 Å². The topological polar surface area (TPSA) is 416 Å². The van der Waals surface area contributed by atoms with Crippen LogP contribution in [0.5, 0.6) is 0 Å². The van der Waals surface area contributed by atoms with E-state index in [0.717, 1.165) is 0 Å². The zero-order valence-corrected chi connectivity index (χ0v) is 54.3. The van der Waals surface area contributed by atoms with Gasteiger partial charge in [0.05, 0.1) is 118 Å². The number of benzene rings is 2. The van der Waals surface area contributed by atoms with Gasteiger partial charge in [0.2, 0.25) is 0 Å². The second-order valence-corrected chi connectivity index (χ2v) is 21.3. The van der Waals surface area contributed by atoms with Gasteiger partial charge in [0, 0.05) is 70.3 Å². The molecule has 6 unspecified atom stereocenters. The van der Waals surface area contributed by atoms with Crippen LogP contribution in [0, 0.1) is 23.7 Å². The molecule has 0 aromatic heterocycles. The van der Waals surface area contributed by atoms with Crippen LogP contribution in [0.3, 0.4) is 0 Å². The normalized spacial score (nSPS) is 25.8. The van der Waals surface area contributed by atoms with E-state index in [-0.39, 0.29) is 105 Å². The van der Waals surface area contributed by atoms with Gasteiger partial charge in [-0.05, 0) is 36.1 Å². The lowest BCUT2D eigenvalue weighted by molar-refractivity contribution is -0.302. The number of esters is 4. The van der Waals surface area contributed by atoms with Crippen molar-refractivity contribution < 1.29 is 125 Å². The Hall–Kier alpha value is -5.46. The van der Waals surface area contributed by atoms with Gasteiger partial charge in [-0.25, -0.2) is 0 Å². The summed E-state index contributed by atoms with van der Waals surface area (Å²) in [6.07, 6.45) is -9.87. The number of nitrogens with one attached hydrogen (secondary N) is 2. The molecule has 0 aliphatic carbocycles. The molecule has 0 bridgehead atoms. The van der Waals surface area contributed by atoms with Crippen molar-refractivity contribution >= 4 is 35.7 Å². The monoisotopic (exact) mass is 1320 g/mol. The summed E-state index contributed by atoms with van der Waals surface area (Å²) in [5, 5.41) is 43.8. The zero-order chi connectivity index (χ0) is 66.9.